The predicted octanol–water partition coefficient (Wildman–Crippen LogP) is 7.01. The lowest BCUT2D eigenvalue weighted by Crippen LogP contribution is -2.54. The molecule has 234 valence electrons. The molecule has 2 aliphatic rings. The monoisotopic (exact) mass is 651 g/mol. The number of hydrogen-bond donors (Lipinski definition) is 0. The number of nitrogens with zero attached hydrogens (tertiary/aromatic N) is 5. The van der Waals surface area contributed by atoms with E-state index >= 15 is 4.39 Å². The number of likely N-dealkylation sites (tertiary alicyclic amines) is 1. The standard InChI is InChI=1S/C30H30ClF4N5O3S/c1-29(2,3)43-28(42)39-10-9-24(22(32)16-39)38(4)27-37-26(41)25(44-27)12-17-5-8-23-19(11-17)14-36-40(23)15-18-6-7-20(31)13-21(18)30(33,34)35/h5-8,11-14,22,24H,9-10,15-16H2,1-4H3. The van der Waals surface area contributed by atoms with E-state index in [9.17, 15) is 22.8 Å². The first-order chi connectivity index (χ1) is 20.6. The molecule has 0 saturated carbocycles. The van der Waals surface area contributed by atoms with Crippen molar-refractivity contribution in [3.05, 3.63) is 69.2 Å². The van der Waals surface area contributed by atoms with Gasteiger partial charge in [-0.1, -0.05) is 23.7 Å². The predicted molar refractivity (Wildman–Crippen MR) is 162 cm³/mol. The van der Waals surface area contributed by atoms with Crippen LogP contribution in [0.15, 0.2) is 52.5 Å². The van der Waals surface area contributed by atoms with Gasteiger partial charge in [-0.3, -0.25) is 9.48 Å². The molecule has 2 unspecified atom stereocenters. The van der Waals surface area contributed by atoms with Crippen molar-refractivity contribution in [3.8, 4) is 0 Å². The van der Waals surface area contributed by atoms with Crippen LogP contribution in [0.2, 0.25) is 5.02 Å². The number of thioether (sulfide) groups is 1. The van der Waals surface area contributed by atoms with Crippen LogP contribution in [0.1, 0.15) is 43.9 Å². The molecule has 44 heavy (non-hydrogen) atoms. The maximum atomic E-state index is 15.2. The molecule has 2 amide bonds. The number of halogens is 5. The Morgan fingerprint density at radius 3 is 2.64 bits per heavy atom. The number of benzene rings is 2. The number of amidine groups is 1. The highest BCUT2D eigenvalue weighted by Gasteiger charge is 2.38. The first kappa shape index (κ1) is 31.8. The summed E-state index contributed by atoms with van der Waals surface area (Å²) in [7, 11) is 1.67. The van der Waals surface area contributed by atoms with Gasteiger partial charge >= 0.3 is 12.3 Å². The van der Waals surface area contributed by atoms with E-state index in [1.54, 1.807) is 63.2 Å². The Kier molecular flexibility index (Phi) is 8.74. The van der Waals surface area contributed by atoms with Crippen molar-refractivity contribution in [1.29, 1.82) is 0 Å². The Morgan fingerprint density at radius 1 is 1.20 bits per heavy atom. The van der Waals surface area contributed by atoms with Gasteiger partial charge in [-0.2, -0.15) is 23.3 Å². The van der Waals surface area contributed by atoms with Crippen molar-refractivity contribution in [2.75, 3.05) is 20.1 Å². The third kappa shape index (κ3) is 7.04. The van der Waals surface area contributed by atoms with Crippen LogP contribution < -0.4 is 0 Å². The van der Waals surface area contributed by atoms with E-state index in [-0.39, 0.29) is 23.7 Å². The van der Waals surface area contributed by atoms with Crippen molar-refractivity contribution < 1.29 is 31.9 Å². The molecular formula is C30H30ClF4N5O3S. The largest absolute Gasteiger partial charge is 0.444 e. The lowest BCUT2D eigenvalue weighted by atomic mass is 10.0. The zero-order valence-corrected chi connectivity index (χ0v) is 25.9. The molecule has 0 radical (unpaired) electrons. The molecular weight excluding hydrogens is 622 g/mol. The topological polar surface area (TPSA) is 80.0 Å². The zero-order chi connectivity index (χ0) is 32.0. The van der Waals surface area contributed by atoms with Crippen LogP contribution in [-0.2, 0) is 22.3 Å². The number of fused-ring (bicyclic) bond motifs is 1. The number of ether oxygens (including phenoxy) is 1. The van der Waals surface area contributed by atoms with Crippen LogP contribution in [0.25, 0.3) is 17.0 Å². The van der Waals surface area contributed by atoms with Crippen molar-refractivity contribution >= 4 is 57.5 Å². The molecule has 0 spiro atoms. The minimum absolute atomic E-state index is 0.00479. The Labute approximate surface area is 260 Å². The van der Waals surface area contributed by atoms with Crippen LogP contribution in [0.4, 0.5) is 22.4 Å². The van der Waals surface area contributed by atoms with E-state index in [1.807, 2.05) is 0 Å². The molecule has 5 rings (SSSR count). The third-order valence-corrected chi connectivity index (χ3v) is 8.54. The van der Waals surface area contributed by atoms with Gasteiger partial charge in [0.1, 0.15) is 11.8 Å². The van der Waals surface area contributed by atoms with E-state index in [0.717, 1.165) is 17.8 Å². The SMILES string of the molecule is CN(C1=NC(=O)C(=Cc2ccc3c(cnn3Cc3ccc(Cl)cc3C(F)(F)F)c2)S1)C1CCN(C(=O)OC(C)(C)C)CC1F. The highest BCUT2D eigenvalue weighted by atomic mass is 35.5. The zero-order valence-electron chi connectivity index (χ0n) is 24.4. The molecule has 14 heteroatoms. The second-order valence-electron chi connectivity index (χ2n) is 11.6. The number of aliphatic imine (C=N–C) groups is 1. The summed E-state index contributed by atoms with van der Waals surface area (Å²) in [5.41, 5.74) is -0.184. The van der Waals surface area contributed by atoms with E-state index in [2.05, 4.69) is 10.1 Å². The average Bonchev–Trinajstić information content (AvgIpc) is 3.50. The molecule has 2 aromatic carbocycles. The molecule has 3 heterocycles. The fourth-order valence-electron chi connectivity index (χ4n) is 5.10. The van der Waals surface area contributed by atoms with Crippen LogP contribution in [0, 0.1) is 0 Å². The van der Waals surface area contributed by atoms with Crippen molar-refractivity contribution in [1.82, 2.24) is 19.6 Å². The lowest BCUT2D eigenvalue weighted by Gasteiger charge is -2.39. The van der Waals surface area contributed by atoms with E-state index in [1.165, 1.54) is 21.7 Å². The quantitative estimate of drug-likeness (QED) is 0.223. The van der Waals surface area contributed by atoms with E-state index in [4.69, 9.17) is 16.3 Å². The average molecular weight is 652 g/mol. The first-order valence-corrected chi connectivity index (χ1v) is 15.0. The van der Waals surface area contributed by atoms with Gasteiger partial charge in [0.2, 0.25) is 0 Å². The Morgan fingerprint density at radius 2 is 1.95 bits per heavy atom. The highest BCUT2D eigenvalue weighted by molar-refractivity contribution is 8.18. The number of carbonyl (C=O) groups is 2. The number of amides is 2. The minimum atomic E-state index is -4.56. The summed E-state index contributed by atoms with van der Waals surface area (Å²) in [6.45, 7) is 5.32. The van der Waals surface area contributed by atoms with E-state index < -0.39 is 41.6 Å². The molecule has 1 fully saturated rings. The second-order valence-corrected chi connectivity index (χ2v) is 13.1. The molecule has 8 nitrogen and oxygen atoms in total. The Bertz CT molecular complexity index is 1670. The van der Waals surface area contributed by atoms with Gasteiger partial charge in [0, 0.05) is 24.0 Å². The maximum Gasteiger partial charge on any atom is 0.416 e. The fourth-order valence-corrected chi connectivity index (χ4v) is 6.20. The van der Waals surface area contributed by atoms with Gasteiger partial charge in [-0.25, -0.2) is 9.18 Å². The summed E-state index contributed by atoms with van der Waals surface area (Å²) in [6.07, 6.45) is -2.95. The smallest absolute Gasteiger partial charge is 0.416 e. The number of alkyl halides is 4. The second kappa shape index (κ2) is 12.1. The summed E-state index contributed by atoms with van der Waals surface area (Å²) >= 11 is 6.93. The Hall–Kier alpha value is -3.58. The summed E-state index contributed by atoms with van der Waals surface area (Å²) in [5.74, 6) is -0.461. The summed E-state index contributed by atoms with van der Waals surface area (Å²) < 4.78 is 62.7. The summed E-state index contributed by atoms with van der Waals surface area (Å²) in [6, 6.07) is 8.31. The lowest BCUT2D eigenvalue weighted by molar-refractivity contribution is -0.138. The van der Waals surface area contributed by atoms with Gasteiger partial charge in [-0.15, -0.1) is 0 Å². The van der Waals surface area contributed by atoms with Gasteiger partial charge in [0.15, 0.2) is 5.17 Å². The molecule has 0 N–H and O–H groups in total. The summed E-state index contributed by atoms with van der Waals surface area (Å²) in [5, 5.41) is 5.31. The molecule has 3 aromatic rings. The normalized spacial score (nSPS) is 20.4. The van der Waals surface area contributed by atoms with Crippen molar-refractivity contribution in [2.24, 2.45) is 4.99 Å². The van der Waals surface area contributed by atoms with Crippen LogP contribution in [0.5, 0.6) is 0 Å². The van der Waals surface area contributed by atoms with Gasteiger partial charge < -0.3 is 14.5 Å². The third-order valence-electron chi connectivity index (χ3n) is 7.23. The Balaban J connectivity index is 1.26. The molecule has 0 bridgehead atoms. The molecule has 1 aromatic heterocycles. The number of hydrogen-bond acceptors (Lipinski definition) is 6. The highest BCUT2D eigenvalue weighted by Crippen LogP contribution is 2.35. The number of carbonyl (C=O) groups excluding carboxylic acids is 2. The van der Waals surface area contributed by atoms with Gasteiger partial charge in [0.05, 0.1) is 41.3 Å². The minimum Gasteiger partial charge on any atom is -0.444 e. The molecule has 0 aliphatic carbocycles. The van der Waals surface area contributed by atoms with Crippen molar-refractivity contribution in [3.63, 3.8) is 0 Å². The van der Waals surface area contributed by atoms with Crippen molar-refractivity contribution in [2.45, 2.75) is 57.7 Å². The summed E-state index contributed by atoms with van der Waals surface area (Å²) in [4.78, 5) is 32.6. The van der Waals surface area contributed by atoms with Gasteiger partial charge in [-0.05, 0) is 80.4 Å². The van der Waals surface area contributed by atoms with E-state index in [0.29, 0.717) is 39.5 Å². The molecule has 2 aliphatic heterocycles. The van der Waals surface area contributed by atoms with Gasteiger partial charge in [0.25, 0.3) is 5.91 Å². The first-order valence-electron chi connectivity index (χ1n) is 13.8. The number of piperidine rings is 1. The fraction of sp³-hybridized carbons (Fsp3) is 0.400. The molecule has 1 saturated heterocycles. The van der Waals surface area contributed by atoms with Crippen LogP contribution in [-0.4, -0.2) is 74.7 Å². The van der Waals surface area contributed by atoms with Crippen LogP contribution >= 0.6 is 23.4 Å². The van der Waals surface area contributed by atoms with Crippen LogP contribution in [0.3, 0.4) is 0 Å². The number of rotatable bonds is 4. The maximum absolute atomic E-state index is 15.2. The molecule has 2 atom stereocenters. The number of aromatic nitrogens is 2.